The van der Waals surface area contributed by atoms with Crippen LogP contribution in [0, 0.1) is 0 Å². The molecule has 39 heavy (non-hydrogen) atoms. The van der Waals surface area contributed by atoms with Crippen LogP contribution in [0.2, 0.25) is 5.02 Å². The van der Waals surface area contributed by atoms with E-state index in [9.17, 15) is 4.79 Å². The molecule has 3 rings (SSSR count). The maximum absolute atomic E-state index is 13.2. The third kappa shape index (κ3) is 8.69. The lowest BCUT2D eigenvalue weighted by Crippen LogP contribution is -2.14. The molecule has 0 aliphatic carbocycles. The van der Waals surface area contributed by atoms with Gasteiger partial charge in [-0.1, -0.05) is 63.8 Å². The highest BCUT2D eigenvalue weighted by Gasteiger charge is 2.27. The van der Waals surface area contributed by atoms with Crippen molar-refractivity contribution in [1.29, 1.82) is 0 Å². The van der Waals surface area contributed by atoms with Gasteiger partial charge in [-0.2, -0.15) is 0 Å². The summed E-state index contributed by atoms with van der Waals surface area (Å²) in [6.45, 7) is 10.2. The van der Waals surface area contributed by atoms with Crippen molar-refractivity contribution in [2.45, 2.75) is 72.6 Å². The van der Waals surface area contributed by atoms with E-state index in [2.05, 4.69) is 6.92 Å². The quantitative estimate of drug-likeness (QED) is 0.0942. The number of ether oxygens (including phenoxy) is 5. The number of carbonyl (C=O) groups is 1. The van der Waals surface area contributed by atoms with Crippen molar-refractivity contribution in [3.05, 3.63) is 53.1 Å². The maximum atomic E-state index is 13.2. The van der Waals surface area contributed by atoms with Crippen LogP contribution in [0.3, 0.4) is 0 Å². The Bertz CT molecular complexity index is 1190. The Kier molecular flexibility index (Phi) is 12.6. The van der Waals surface area contributed by atoms with Crippen molar-refractivity contribution in [2.24, 2.45) is 0 Å². The van der Waals surface area contributed by atoms with Crippen molar-refractivity contribution < 1.29 is 28.5 Å². The number of fused-ring (bicyclic) bond motifs is 1. The summed E-state index contributed by atoms with van der Waals surface area (Å²) in [7, 11) is 0. The van der Waals surface area contributed by atoms with Gasteiger partial charge in [0.1, 0.15) is 5.75 Å². The number of carbonyl (C=O) groups excluding carboxylic acids is 1. The second-order valence-electron chi connectivity index (χ2n) is 9.34. The number of esters is 1. The average molecular weight is 557 g/mol. The highest BCUT2D eigenvalue weighted by Crippen LogP contribution is 2.52. The normalized spacial score (nSPS) is 10.9. The first-order valence-corrected chi connectivity index (χ1v) is 14.5. The fraction of sp³-hybridized carbons (Fsp3) is 0.469. The van der Waals surface area contributed by atoms with E-state index in [1.807, 2.05) is 57.2 Å². The molecule has 0 atom stereocenters. The Morgan fingerprint density at radius 3 is 1.97 bits per heavy atom. The Morgan fingerprint density at radius 2 is 1.33 bits per heavy atom. The topological polar surface area (TPSA) is 63.2 Å². The predicted molar refractivity (Wildman–Crippen MR) is 157 cm³/mol. The first-order valence-electron chi connectivity index (χ1n) is 14.1. The second kappa shape index (κ2) is 16.1. The van der Waals surface area contributed by atoms with Crippen LogP contribution in [0.15, 0.2) is 42.5 Å². The number of rotatable bonds is 17. The Labute approximate surface area is 237 Å². The Hall–Kier alpha value is -3.12. The Morgan fingerprint density at radius 1 is 0.667 bits per heavy atom. The van der Waals surface area contributed by atoms with E-state index in [1.165, 1.54) is 0 Å². The van der Waals surface area contributed by atoms with Gasteiger partial charge in [0.25, 0.3) is 0 Å². The van der Waals surface area contributed by atoms with Crippen LogP contribution in [0.4, 0.5) is 0 Å². The van der Waals surface area contributed by atoms with Crippen LogP contribution < -0.4 is 23.7 Å². The van der Waals surface area contributed by atoms with E-state index in [0.29, 0.717) is 59.8 Å². The summed E-state index contributed by atoms with van der Waals surface area (Å²) < 4.78 is 30.3. The molecule has 0 heterocycles. The molecule has 0 aromatic heterocycles. The zero-order chi connectivity index (χ0) is 28.0. The van der Waals surface area contributed by atoms with Crippen LogP contribution >= 0.6 is 11.6 Å². The highest BCUT2D eigenvalue weighted by molar-refractivity contribution is 6.31. The molecule has 0 bridgehead atoms. The third-order valence-corrected chi connectivity index (χ3v) is 6.27. The summed E-state index contributed by atoms with van der Waals surface area (Å²) in [5, 5.41) is 1.95. The van der Waals surface area contributed by atoms with Crippen LogP contribution in [-0.4, -0.2) is 32.4 Å². The first kappa shape index (κ1) is 30.4. The first-order chi connectivity index (χ1) is 19.0. The molecule has 0 fully saturated rings. The molecule has 0 saturated heterocycles. The lowest BCUT2D eigenvalue weighted by atomic mass is 10.1. The number of benzene rings is 3. The van der Waals surface area contributed by atoms with Gasteiger partial charge >= 0.3 is 5.97 Å². The van der Waals surface area contributed by atoms with E-state index in [4.69, 9.17) is 35.3 Å². The molecule has 3 aromatic carbocycles. The van der Waals surface area contributed by atoms with Crippen molar-refractivity contribution in [2.75, 3.05) is 26.4 Å². The summed E-state index contributed by atoms with van der Waals surface area (Å²) in [5.74, 6) is 2.05. The van der Waals surface area contributed by atoms with Gasteiger partial charge in [-0.25, -0.2) is 0 Å². The number of hydrogen-bond donors (Lipinski definition) is 0. The summed E-state index contributed by atoms with van der Waals surface area (Å²) in [4.78, 5) is 13.2. The van der Waals surface area contributed by atoms with Crippen LogP contribution in [0.25, 0.3) is 10.8 Å². The zero-order valence-electron chi connectivity index (χ0n) is 23.6. The molecule has 0 aliphatic rings. The van der Waals surface area contributed by atoms with Gasteiger partial charge in [-0.15, -0.1) is 0 Å². The summed E-state index contributed by atoms with van der Waals surface area (Å²) in [5.41, 5.74) is 0.821. The van der Waals surface area contributed by atoms with Crippen LogP contribution in [-0.2, 0) is 11.2 Å². The maximum Gasteiger partial charge on any atom is 0.315 e. The smallest absolute Gasteiger partial charge is 0.315 e. The monoisotopic (exact) mass is 556 g/mol. The van der Waals surface area contributed by atoms with Crippen molar-refractivity contribution in [3.8, 4) is 28.7 Å². The molecule has 0 unspecified atom stereocenters. The molecule has 0 N–H and O–H groups in total. The van der Waals surface area contributed by atoms with Crippen molar-refractivity contribution >= 4 is 28.3 Å². The molecule has 6 nitrogen and oxygen atoms in total. The number of hydrogen-bond acceptors (Lipinski definition) is 6. The molecule has 0 saturated carbocycles. The van der Waals surface area contributed by atoms with E-state index in [-0.39, 0.29) is 6.42 Å². The zero-order valence-corrected chi connectivity index (χ0v) is 24.4. The summed E-state index contributed by atoms with van der Waals surface area (Å²) in [6, 6.07) is 12.9. The predicted octanol–water partition coefficient (Wildman–Crippen LogP) is 8.58. The summed E-state index contributed by atoms with van der Waals surface area (Å²) in [6.07, 6.45) is 5.98. The molecular formula is C32H41ClO6. The van der Waals surface area contributed by atoms with Crippen LogP contribution in [0.5, 0.6) is 28.7 Å². The SMILES string of the molecule is CCCCCCOc1c(OCCC)c(OCCC)c(OC(=O)Cc2ccc(OCC)cc2)c2ccc(Cl)cc12. The number of unbranched alkanes of at least 4 members (excludes halogenated alkanes) is 3. The van der Waals surface area contributed by atoms with E-state index >= 15 is 0 Å². The van der Waals surface area contributed by atoms with Gasteiger partial charge in [0.05, 0.1) is 32.8 Å². The van der Waals surface area contributed by atoms with Gasteiger partial charge in [-0.3, -0.25) is 4.79 Å². The standard InChI is InChI=1S/C32H41ClO6/c1-5-9-10-11-20-38-29-27-22-24(33)14-17-26(27)30(32(37-19-7-3)31(29)36-18-6-2)39-28(34)21-23-12-15-25(16-13-23)35-8-4/h12-17,22H,5-11,18-21H2,1-4H3. The Balaban J connectivity index is 2.03. The molecule has 0 radical (unpaired) electrons. The lowest BCUT2D eigenvalue weighted by Gasteiger charge is -2.22. The van der Waals surface area contributed by atoms with Gasteiger partial charge < -0.3 is 23.7 Å². The molecule has 0 amide bonds. The molecule has 3 aromatic rings. The van der Waals surface area contributed by atoms with Crippen molar-refractivity contribution in [1.82, 2.24) is 0 Å². The minimum absolute atomic E-state index is 0.0928. The minimum Gasteiger partial charge on any atom is -0.494 e. The van der Waals surface area contributed by atoms with Gasteiger partial charge in [-0.05, 0) is 62.1 Å². The summed E-state index contributed by atoms with van der Waals surface area (Å²) >= 11 is 6.43. The fourth-order valence-corrected chi connectivity index (χ4v) is 4.33. The number of halogens is 1. The van der Waals surface area contributed by atoms with Gasteiger partial charge in [0.2, 0.25) is 11.5 Å². The average Bonchev–Trinajstić information content (AvgIpc) is 2.93. The molecule has 7 heteroatoms. The second-order valence-corrected chi connectivity index (χ2v) is 9.78. The van der Waals surface area contributed by atoms with Crippen LogP contribution in [0.1, 0.15) is 71.8 Å². The highest BCUT2D eigenvalue weighted by atomic mass is 35.5. The van der Waals surface area contributed by atoms with Gasteiger partial charge in [0.15, 0.2) is 11.5 Å². The lowest BCUT2D eigenvalue weighted by molar-refractivity contribution is -0.133. The third-order valence-electron chi connectivity index (χ3n) is 6.03. The van der Waals surface area contributed by atoms with E-state index in [1.54, 1.807) is 6.07 Å². The molecular weight excluding hydrogens is 516 g/mol. The molecule has 0 aliphatic heterocycles. The fourth-order valence-electron chi connectivity index (χ4n) is 4.16. The minimum atomic E-state index is -0.411. The largest absolute Gasteiger partial charge is 0.494 e. The molecule has 0 spiro atoms. The molecule has 212 valence electrons. The van der Waals surface area contributed by atoms with Gasteiger partial charge in [0, 0.05) is 15.8 Å². The van der Waals surface area contributed by atoms with Crippen molar-refractivity contribution in [3.63, 3.8) is 0 Å². The van der Waals surface area contributed by atoms with E-state index in [0.717, 1.165) is 55.2 Å². The van der Waals surface area contributed by atoms with E-state index < -0.39 is 5.97 Å².